The molecule has 0 spiro atoms. The zero-order valence-electron chi connectivity index (χ0n) is 11.9. The predicted molar refractivity (Wildman–Crippen MR) is 74.3 cm³/mol. The van der Waals surface area contributed by atoms with Crippen LogP contribution in [0.25, 0.3) is 0 Å². The second-order valence-corrected chi connectivity index (χ2v) is 6.34. The molecule has 8 heteroatoms. The van der Waals surface area contributed by atoms with E-state index in [1.54, 1.807) is 12.1 Å². The molecule has 120 valence electrons. The van der Waals surface area contributed by atoms with Crippen LogP contribution >= 0.6 is 0 Å². The fourth-order valence-corrected chi connectivity index (χ4v) is 3.52. The first-order valence-electron chi connectivity index (χ1n) is 6.58. The first-order valence-corrected chi connectivity index (χ1v) is 8.02. The minimum absolute atomic E-state index is 0.0861. The molecule has 1 aromatic rings. The Hall–Kier alpha value is -1.12. The van der Waals surface area contributed by atoms with E-state index in [4.69, 9.17) is 0 Å². The Morgan fingerprint density at radius 1 is 1.19 bits per heavy atom. The first-order chi connectivity index (χ1) is 9.72. The minimum atomic E-state index is -4.57. The summed E-state index contributed by atoms with van der Waals surface area (Å²) in [5.41, 5.74) is 0.458. The van der Waals surface area contributed by atoms with Crippen molar-refractivity contribution in [1.29, 1.82) is 0 Å². The molecule has 0 aliphatic carbocycles. The Labute approximate surface area is 123 Å². The summed E-state index contributed by atoms with van der Waals surface area (Å²) >= 11 is 0. The summed E-state index contributed by atoms with van der Waals surface area (Å²) in [5.74, 6) is 0. The number of benzene rings is 1. The molecule has 0 unspecified atom stereocenters. The fourth-order valence-electron chi connectivity index (χ4n) is 1.87. The molecule has 0 aliphatic heterocycles. The Balaban J connectivity index is 3.16. The largest absolute Gasteiger partial charge is 0.402 e. The molecule has 1 aromatic carbocycles. The van der Waals surface area contributed by atoms with Gasteiger partial charge in [0.25, 0.3) is 0 Å². The van der Waals surface area contributed by atoms with Crippen LogP contribution in [0.5, 0.6) is 0 Å². The molecule has 1 rings (SSSR count). The van der Waals surface area contributed by atoms with Gasteiger partial charge in [-0.15, -0.1) is 0 Å². The van der Waals surface area contributed by atoms with Crippen LogP contribution in [0, 0.1) is 0 Å². The second-order valence-electron chi connectivity index (χ2n) is 4.43. The van der Waals surface area contributed by atoms with E-state index in [-0.39, 0.29) is 18.0 Å². The molecule has 0 fully saturated rings. The highest BCUT2D eigenvalue weighted by atomic mass is 32.2. The number of halogens is 3. The molecule has 0 saturated carbocycles. The summed E-state index contributed by atoms with van der Waals surface area (Å²) in [4.78, 5) is -0.0861. The number of hydrogen-bond donors (Lipinski definition) is 1. The Bertz CT molecular complexity index is 559. The SMILES string of the molecule is CCNCc1ccccc1S(=O)(=O)N(CC)CC(F)(F)F. The standard InChI is InChI=1S/C13H19F3N2O2S/c1-3-17-9-11-7-5-6-8-12(11)21(19,20)18(4-2)10-13(14,15)16/h5-8,17H,3-4,9-10H2,1-2H3. The van der Waals surface area contributed by atoms with Gasteiger partial charge in [0.05, 0.1) is 4.90 Å². The maximum absolute atomic E-state index is 12.5. The van der Waals surface area contributed by atoms with Crippen LogP contribution in [-0.2, 0) is 16.6 Å². The van der Waals surface area contributed by atoms with Crippen molar-refractivity contribution in [3.05, 3.63) is 29.8 Å². The molecule has 1 N–H and O–H groups in total. The van der Waals surface area contributed by atoms with Gasteiger partial charge in [-0.25, -0.2) is 8.42 Å². The van der Waals surface area contributed by atoms with Crippen molar-refractivity contribution in [2.75, 3.05) is 19.6 Å². The molecule has 0 heterocycles. The lowest BCUT2D eigenvalue weighted by atomic mass is 10.2. The maximum atomic E-state index is 12.5. The van der Waals surface area contributed by atoms with Gasteiger partial charge in [-0.2, -0.15) is 17.5 Å². The van der Waals surface area contributed by atoms with Crippen molar-refractivity contribution in [3.8, 4) is 0 Å². The van der Waals surface area contributed by atoms with E-state index in [0.717, 1.165) is 0 Å². The fraction of sp³-hybridized carbons (Fsp3) is 0.538. The van der Waals surface area contributed by atoms with E-state index in [0.29, 0.717) is 16.4 Å². The number of alkyl halides is 3. The molecule has 0 aliphatic rings. The molecule has 0 bridgehead atoms. The van der Waals surface area contributed by atoms with Gasteiger partial charge in [0.2, 0.25) is 10.0 Å². The molecule has 0 radical (unpaired) electrons. The van der Waals surface area contributed by atoms with Gasteiger partial charge in [0.1, 0.15) is 6.54 Å². The van der Waals surface area contributed by atoms with E-state index in [1.807, 2.05) is 6.92 Å². The molecule has 4 nitrogen and oxygen atoms in total. The smallest absolute Gasteiger partial charge is 0.313 e. The quantitative estimate of drug-likeness (QED) is 0.838. The number of nitrogens with zero attached hydrogens (tertiary/aromatic N) is 1. The maximum Gasteiger partial charge on any atom is 0.402 e. The number of sulfonamides is 1. The topological polar surface area (TPSA) is 49.4 Å². The normalized spacial score (nSPS) is 12.9. The second kappa shape index (κ2) is 7.24. The zero-order valence-corrected chi connectivity index (χ0v) is 12.8. The molecule has 21 heavy (non-hydrogen) atoms. The third kappa shape index (κ3) is 4.98. The third-order valence-electron chi connectivity index (χ3n) is 2.86. The van der Waals surface area contributed by atoms with Crippen molar-refractivity contribution >= 4 is 10.0 Å². The highest BCUT2D eigenvalue weighted by molar-refractivity contribution is 7.89. The first kappa shape index (κ1) is 17.9. The van der Waals surface area contributed by atoms with Crippen LogP contribution in [0.2, 0.25) is 0 Å². The lowest BCUT2D eigenvalue weighted by Gasteiger charge is -2.23. The van der Waals surface area contributed by atoms with Crippen LogP contribution in [-0.4, -0.2) is 38.5 Å². The van der Waals surface area contributed by atoms with E-state index in [2.05, 4.69) is 5.32 Å². The zero-order chi connectivity index (χ0) is 16.1. The van der Waals surface area contributed by atoms with E-state index in [9.17, 15) is 21.6 Å². The van der Waals surface area contributed by atoms with E-state index in [1.165, 1.54) is 19.1 Å². The van der Waals surface area contributed by atoms with Crippen LogP contribution in [0.3, 0.4) is 0 Å². The third-order valence-corrected chi connectivity index (χ3v) is 4.89. The molecule has 0 saturated heterocycles. The predicted octanol–water partition coefficient (Wildman–Crippen LogP) is 2.37. The van der Waals surface area contributed by atoms with Crippen LogP contribution in [0.1, 0.15) is 19.4 Å². The van der Waals surface area contributed by atoms with Gasteiger partial charge >= 0.3 is 6.18 Å². The van der Waals surface area contributed by atoms with Gasteiger partial charge < -0.3 is 5.32 Å². The highest BCUT2D eigenvalue weighted by Crippen LogP contribution is 2.24. The Kier molecular flexibility index (Phi) is 6.18. The summed E-state index contributed by atoms with van der Waals surface area (Å²) in [6.07, 6.45) is -4.57. The van der Waals surface area contributed by atoms with Gasteiger partial charge in [0, 0.05) is 13.1 Å². The summed E-state index contributed by atoms with van der Waals surface area (Å²) in [6.45, 7) is 2.44. The summed E-state index contributed by atoms with van der Waals surface area (Å²) in [5, 5.41) is 2.98. The van der Waals surface area contributed by atoms with Crippen molar-refractivity contribution < 1.29 is 21.6 Å². The number of rotatable bonds is 7. The molecule has 0 aromatic heterocycles. The minimum Gasteiger partial charge on any atom is -0.313 e. The molecule has 0 atom stereocenters. The van der Waals surface area contributed by atoms with Crippen LogP contribution < -0.4 is 5.32 Å². The van der Waals surface area contributed by atoms with E-state index < -0.39 is 22.7 Å². The lowest BCUT2D eigenvalue weighted by molar-refractivity contribution is -0.135. The van der Waals surface area contributed by atoms with Crippen molar-refractivity contribution in [2.24, 2.45) is 0 Å². The van der Waals surface area contributed by atoms with Gasteiger partial charge in [-0.3, -0.25) is 0 Å². The summed E-state index contributed by atoms with van der Waals surface area (Å²) < 4.78 is 62.9. The average Bonchev–Trinajstić information content (AvgIpc) is 2.41. The molecular weight excluding hydrogens is 305 g/mol. The van der Waals surface area contributed by atoms with Crippen LogP contribution in [0.4, 0.5) is 13.2 Å². The average molecular weight is 324 g/mol. The van der Waals surface area contributed by atoms with Crippen molar-refractivity contribution in [3.63, 3.8) is 0 Å². The van der Waals surface area contributed by atoms with Crippen LogP contribution in [0.15, 0.2) is 29.2 Å². The molecular formula is C13H19F3N2O2S. The molecule has 0 amide bonds. The summed E-state index contributed by atoms with van der Waals surface area (Å²) in [7, 11) is -4.17. The summed E-state index contributed by atoms with van der Waals surface area (Å²) in [6, 6.07) is 6.09. The van der Waals surface area contributed by atoms with E-state index >= 15 is 0 Å². The highest BCUT2D eigenvalue weighted by Gasteiger charge is 2.36. The van der Waals surface area contributed by atoms with Crippen molar-refractivity contribution in [2.45, 2.75) is 31.5 Å². The Morgan fingerprint density at radius 3 is 2.33 bits per heavy atom. The number of nitrogens with one attached hydrogen (secondary N) is 1. The van der Waals surface area contributed by atoms with Crippen molar-refractivity contribution in [1.82, 2.24) is 9.62 Å². The Morgan fingerprint density at radius 2 is 1.81 bits per heavy atom. The monoisotopic (exact) mass is 324 g/mol. The van der Waals surface area contributed by atoms with Gasteiger partial charge in [-0.05, 0) is 18.2 Å². The van der Waals surface area contributed by atoms with Gasteiger partial charge in [0.15, 0.2) is 0 Å². The lowest BCUT2D eigenvalue weighted by Crippen LogP contribution is -2.39. The van der Waals surface area contributed by atoms with Gasteiger partial charge in [-0.1, -0.05) is 32.0 Å². The number of hydrogen-bond acceptors (Lipinski definition) is 3.